The van der Waals surface area contributed by atoms with E-state index in [0.717, 1.165) is 5.56 Å². The van der Waals surface area contributed by atoms with E-state index in [1.165, 1.54) is 15.9 Å². The maximum atomic E-state index is 13.7. The Labute approximate surface area is 209 Å². The number of carbonyl (C=O) groups excluding carboxylic acids is 1. The van der Waals surface area contributed by atoms with Crippen molar-refractivity contribution >= 4 is 35.0 Å². The van der Waals surface area contributed by atoms with Crippen molar-refractivity contribution in [1.82, 2.24) is 4.57 Å². The second kappa shape index (κ2) is 9.24. The number of allylic oxidation sites excluding steroid dienone is 1. The van der Waals surface area contributed by atoms with Crippen LogP contribution in [0.1, 0.15) is 31.0 Å². The molecule has 35 heavy (non-hydrogen) atoms. The second-order valence-electron chi connectivity index (χ2n) is 7.81. The molecule has 2 aliphatic rings. The Hall–Kier alpha value is -3.56. The van der Waals surface area contributed by atoms with Crippen LogP contribution in [0.2, 0.25) is 5.02 Å². The average molecular weight is 513 g/mol. The Kier molecular flexibility index (Phi) is 6.12. The van der Waals surface area contributed by atoms with Gasteiger partial charge in [0.2, 0.25) is 6.79 Å². The van der Waals surface area contributed by atoms with Crippen LogP contribution in [0, 0.1) is 0 Å². The molecule has 0 saturated carbocycles. The quantitative estimate of drug-likeness (QED) is 0.488. The van der Waals surface area contributed by atoms with E-state index in [9.17, 15) is 9.59 Å². The van der Waals surface area contributed by atoms with Crippen LogP contribution >= 0.6 is 22.9 Å². The predicted molar refractivity (Wildman–Crippen MR) is 131 cm³/mol. The van der Waals surface area contributed by atoms with Crippen LogP contribution < -0.4 is 29.1 Å². The van der Waals surface area contributed by atoms with Crippen molar-refractivity contribution in [3.63, 3.8) is 0 Å². The van der Waals surface area contributed by atoms with Gasteiger partial charge in [-0.25, -0.2) is 9.79 Å². The molecule has 0 spiro atoms. The van der Waals surface area contributed by atoms with E-state index in [4.69, 9.17) is 30.5 Å². The molecule has 0 bridgehead atoms. The first-order valence-corrected chi connectivity index (χ1v) is 12.0. The Balaban J connectivity index is 1.70. The van der Waals surface area contributed by atoms with Crippen LogP contribution in [-0.2, 0) is 9.53 Å². The highest BCUT2D eigenvalue weighted by Crippen LogP contribution is 2.38. The number of thiazole rings is 1. The summed E-state index contributed by atoms with van der Waals surface area (Å²) in [5, 5.41) is 0.438. The maximum Gasteiger partial charge on any atom is 0.338 e. The highest BCUT2D eigenvalue weighted by atomic mass is 35.5. The molecule has 180 valence electrons. The van der Waals surface area contributed by atoms with Crippen LogP contribution in [0.4, 0.5) is 0 Å². The fraction of sp³-hybridized carbons (Fsp3) is 0.240. The molecule has 5 rings (SSSR count). The van der Waals surface area contributed by atoms with Crippen LogP contribution in [0.5, 0.6) is 17.2 Å². The molecule has 10 heteroatoms. The standard InChI is InChI=1S/C25H21ClN2O6S/c1-4-32-24(30)21-13(2)27-25-28(22(21)15-6-8-18-19(11-15)34-12-33-18)23(29)20(35-25)10-14-5-7-17(31-3)16(26)9-14/h5-11,22H,4,12H2,1-3H3/b20-10+/t22-/m1/s1. The monoisotopic (exact) mass is 512 g/mol. The van der Waals surface area contributed by atoms with Crippen LogP contribution in [0.25, 0.3) is 6.08 Å². The Morgan fingerprint density at radius 2 is 2.06 bits per heavy atom. The maximum absolute atomic E-state index is 13.7. The van der Waals surface area contributed by atoms with Gasteiger partial charge in [0.1, 0.15) is 5.75 Å². The summed E-state index contributed by atoms with van der Waals surface area (Å²) in [6, 6.07) is 9.91. The van der Waals surface area contributed by atoms with Gasteiger partial charge in [-0.3, -0.25) is 9.36 Å². The number of aromatic nitrogens is 1. The lowest BCUT2D eigenvalue weighted by atomic mass is 9.95. The van der Waals surface area contributed by atoms with Crippen molar-refractivity contribution < 1.29 is 23.7 Å². The average Bonchev–Trinajstić information content (AvgIpc) is 3.42. The minimum atomic E-state index is -0.735. The Bertz CT molecular complexity index is 1550. The van der Waals surface area contributed by atoms with Gasteiger partial charge < -0.3 is 18.9 Å². The molecule has 8 nitrogen and oxygen atoms in total. The summed E-state index contributed by atoms with van der Waals surface area (Å²) in [5.41, 5.74) is 1.94. The predicted octanol–water partition coefficient (Wildman–Crippen LogP) is 3.19. The van der Waals surface area contributed by atoms with E-state index >= 15 is 0 Å². The fourth-order valence-corrected chi connectivity index (χ4v) is 5.43. The van der Waals surface area contributed by atoms with E-state index in [1.807, 2.05) is 12.1 Å². The van der Waals surface area contributed by atoms with Gasteiger partial charge in [0.05, 0.1) is 40.6 Å². The summed E-state index contributed by atoms with van der Waals surface area (Å²) in [4.78, 5) is 31.7. The van der Waals surface area contributed by atoms with Gasteiger partial charge in [-0.1, -0.05) is 35.1 Å². The number of halogens is 1. The molecule has 0 saturated heterocycles. The first-order chi connectivity index (χ1) is 16.9. The van der Waals surface area contributed by atoms with E-state index < -0.39 is 12.0 Å². The lowest BCUT2D eigenvalue weighted by molar-refractivity contribution is -0.139. The summed E-state index contributed by atoms with van der Waals surface area (Å²) in [7, 11) is 1.54. The largest absolute Gasteiger partial charge is 0.495 e. The number of ether oxygens (including phenoxy) is 4. The van der Waals surface area contributed by atoms with Gasteiger partial charge in [0.25, 0.3) is 5.56 Å². The van der Waals surface area contributed by atoms with Crippen LogP contribution in [-0.4, -0.2) is 31.0 Å². The van der Waals surface area contributed by atoms with Gasteiger partial charge in [0.15, 0.2) is 16.3 Å². The van der Waals surface area contributed by atoms with Gasteiger partial charge in [-0.15, -0.1) is 0 Å². The third-order valence-corrected chi connectivity index (χ3v) is 6.98. The minimum absolute atomic E-state index is 0.117. The fourth-order valence-electron chi connectivity index (χ4n) is 4.11. The normalized spacial score (nSPS) is 16.7. The van der Waals surface area contributed by atoms with E-state index in [0.29, 0.717) is 48.4 Å². The molecule has 1 aromatic heterocycles. The van der Waals surface area contributed by atoms with Crippen LogP contribution in [0.15, 0.2) is 57.5 Å². The molecule has 3 heterocycles. The molecule has 0 fully saturated rings. The molecule has 2 aromatic carbocycles. The Morgan fingerprint density at radius 1 is 1.26 bits per heavy atom. The number of rotatable bonds is 5. The van der Waals surface area contributed by atoms with Crippen LogP contribution in [0.3, 0.4) is 0 Å². The molecule has 0 aliphatic carbocycles. The number of fused-ring (bicyclic) bond motifs is 2. The third kappa shape index (κ3) is 4.11. The topological polar surface area (TPSA) is 88.4 Å². The van der Waals surface area contributed by atoms with Crippen molar-refractivity contribution in [3.05, 3.63) is 83.5 Å². The van der Waals surface area contributed by atoms with Gasteiger partial charge >= 0.3 is 5.97 Å². The van der Waals surface area contributed by atoms with E-state index in [1.54, 1.807) is 51.3 Å². The number of carbonyl (C=O) groups is 1. The molecule has 0 unspecified atom stereocenters. The summed E-state index contributed by atoms with van der Waals surface area (Å²) in [6.45, 7) is 3.79. The number of hydrogen-bond donors (Lipinski definition) is 0. The molecule has 1 atom stereocenters. The van der Waals surface area contributed by atoms with Gasteiger partial charge in [-0.05, 0) is 55.3 Å². The summed E-state index contributed by atoms with van der Waals surface area (Å²) < 4.78 is 23.5. The number of benzene rings is 2. The first kappa shape index (κ1) is 23.2. The van der Waals surface area contributed by atoms with E-state index in [-0.39, 0.29) is 19.0 Å². The smallest absolute Gasteiger partial charge is 0.338 e. The van der Waals surface area contributed by atoms with Crippen molar-refractivity contribution in [1.29, 1.82) is 0 Å². The SMILES string of the molecule is CCOC(=O)C1=C(C)N=c2s/c(=C/c3ccc(OC)c(Cl)c3)c(=O)n2[C@@H]1c1ccc2c(c1)OCO2. The third-order valence-electron chi connectivity index (χ3n) is 5.70. The zero-order valence-electron chi connectivity index (χ0n) is 19.2. The van der Waals surface area contributed by atoms with Crippen molar-refractivity contribution in [2.75, 3.05) is 20.5 Å². The number of methoxy groups -OCH3 is 1. The molecule has 0 radical (unpaired) electrons. The zero-order valence-corrected chi connectivity index (χ0v) is 20.7. The summed E-state index contributed by atoms with van der Waals surface area (Å²) >= 11 is 7.50. The number of nitrogens with zero attached hydrogens (tertiary/aromatic N) is 2. The molecule has 0 amide bonds. The minimum Gasteiger partial charge on any atom is -0.495 e. The molecular formula is C25H21ClN2O6S. The van der Waals surface area contributed by atoms with Gasteiger partial charge in [0, 0.05) is 0 Å². The second-order valence-corrected chi connectivity index (χ2v) is 9.23. The lowest BCUT2D eigenvalue weighted by Crippen LogP contribution is -2.39. The summed E-state index contributed by atoms with van der Waals surface area (Å²) in [6.07, 6.45) is 1.75. The number of hydrogen-bond acceptors (Lipinski definition) is 8. The summed E-state index contributed by atoms with van der Waals surface area (Å²) in [5.74, 6) is 1.18. The molecule has 3 aromatic rings. The lowest BCUT2D eigenvalue weighted by Gasteiger charge is -2.24. The number of esters is 1. The molecule has 2 aliphatic heterocycles. The molecular weight excluding hydrogens is 492 g/mol. The van der Waals surface area contributed by atoms with Crippen molar-refractivity contribution in [2.45, 2.75) is 19.9 Å². The molecule has 0 N–H and O–H groups in total. The van der Waals surface area contributed by atoms with Gasteiger partial charge in [-0.2, -0.15) is 0 Å². The van der Waals surface area contributed by atoms with Crippen molar-refractivity contribution in [3.8, 4) is 17.2 Å². The Morgan fingerprint density at radius 3 is 2.80 bits per heavy atom. The highest BCUT2D eigenvalue weighted by Gasteiger charge is 2.34. The van der Waals surface area contributed by atoms with Crippen molar-refractivity contribution in [2.24, 2.45) is 4.99 Å². The zero-order chi connectivity index (χ0) is 24.7. The van der Waals surface area contributed by atoms with E-state index in [2.05, 4.69) is 4.99 Å². The first-order valence-electron chi connectivity index (χ1n) is 10.8. The highest BCUT2D eigenvalue weighted by molar-refractivity contribution is 7.07.